The van der Waals surface area contributed by atoms with E-state index in [1.54, 1.807) is 29.2 Å². The van der Waals surface area contributed by atoms with E-state index in [1.165, 1.54) is 16.9 Å². The van der Waals surface area contributed by atoms with Crippen LogP contribution in [0.15, 0.2) is 54.6 Å². The summed E-state index contributed by atoms with van der Waals surface area (Å²) in [5.41, 5.74) is 1.75. The van der Waals surface area contributed by atoms with Crippen molar-refractivity contribution in [2.24, 2.45) is 5.92 Å². The third-order valence-corrected chi connectivity index (χ3v) is 6.65. The first-order valence-corrected chi connectivity index (χ1v) is 11.5. The van der Waals surface area contributed by atoms with Crippen LogP contribution in [-0.2, 0) is 17.6 Å². The Hall–Kier alpha value is -2.77. The second-order valence-electron chi connectivity index (χ2n) is 7.52. The lowest BCUT2D eigenvalue weighted by molar-refractivity contribution is -0.121. The van der Waals surface area contributed by atoms with Gasteiger partial charge >= 0.3 is 0 Å². The van der Waals surface area contributed by atoms with Crippen molar-refractivity contribution in [2.45, 2.75) is 25.7 Å². The summed E-state index contributed by atoms with van der Waals surface area (Å²) in [7, 11) is 0. The number of piperidine rings is 1. The van der Waals surface area contributed by atoms with Gasteiger partial charge in [-0.1, -0.05) is 65.4 Å². The Bertz CT molecular complexity index is 1050. The summed E-state index contributed by atoms with van der Waals surface area (Å²) in [6.45, 7) is 1.06. The van der Waals surface area contributed by atoms with Crippen LogP contribution in [-0.4, -0.2) is 40.0 Å². The van der Waals surface area contributed by atoms with E-state index in [2.05, 4.69) is 27.6 Å². The van der Waals surface area contributed by atoms with Crippen molar-refractivity contribution in [1.82, 2.24) is 15.1 Å². The van der Waals surface area contributed by atoms with Gasteiger partial charge in [0, 0.05) is 25.4 Å². The van der Waals surface area contributed by atoms with Crippen LogP contribution in [0.3, 0.4) is 0 Å². The molecule has 6 nitrogen and oxygen atoms in total. The average Bonchev–Trinajstić information content (AvgIpc) is 3.25. The van der Waals surface area contributed by atoms with Crippen LogP contribution in [0.2, 0.25) is 5.02 Å². The van der Waals surface area contributed by atoms with Crippen molar-refractivity contribution < 1.29 is 9.59 Å². The standard InChI is InChI=1S/C23H23ClN4O2S/c24-19-9-5-4-8-18(19)22(30)28-14-12-17(13-15-28)21(29)25-23-27-26-20(31-23)11-10-16-6-2-1-3-7-16/h1-9,17H,10-15H2,(H,25,27,29). The van der Waals surface area contributed by atoms with Crippen molar-refractivity contribution in [1.29, 1.82) is 0 Å². The molecule has 1 fully saturated rings. The highest BCUT2D eigenvalue weighted by molar-refractivity contribution is 7.15. The number of likely N-dealkylation sites (tertiary alicyclic amines) is 1. The highest BCUT2D eigenvalue weighted by Crippen LogP contribution is 2.24. The van der Waals surface area contributed by atoms with Crippen LogP contribution in [0.1, 0.15) is 33.8 Å². The molecule has 1 aliphatic heterocycles. The first kappa shape index (κ1) is 21.5. The van der Waals surface area contributed by atoms with Crippen LogP contribution >= 0.6 is 22.9 Å². The summed E-state index contributed by atoms with van der Waals surface area (Å²) >= 11 is 7.56. The molecule has 0 atom stereocenters. The van der Waals surface area contributed by atoms with Crippen molar-refractivity contribution in [3.8, 4) is 0 Å². The molecule has 1 N–H and O–H groups in total. The molecule has 0 radical (unpaired) electrons. The van der Waals surface area contributed by atoms with E-state index in [1.807, 2.05) is 18.2 Å². The van der Waals surface area contributed by atoms with E-state index in [9.17, 15) is 9.59 Å². The van der Waals surface area contributed by atoms with Crippen LogP contribution in [0.5, 0.6) is 0 Å². The number of amides is 2. The quantitative estimate of drug-likeness (QED) is 0.596. The van der Waals surface area contributed by atoms with Crippen LogP contribution in [0, 0.1) is 5.92 Å². The highest BCUT2D eigenvalue weighted by atomic mass is 35.5. The Labute approximate surface area is 190 Å². The molecule has 2 amide bonds. The van der Waals surface area contributed by atoms with Crippen molar-refractivity contribution in [3.05, 3.63) is 75.8 Å². The highest BCUT2D eigenvalue weighted by Gasteiger charge is 2.29. The number of halogens is 1. The molecule has 2 aromatic carbocycles. The van der Waals surface area contributed by atoms with E-state index in [0.717, 1.165) is 17.8 Å². The maximum absolute atomic E-state index is 12.7. The van der Waals surface area contributed by atoms with Crippen LogP contribution in [0.4, 0.5) is 5.13 Å². The van der Waals surface area contributed by atoms with Gasteiger partial charge in [-0.25, -0.2) is 0 Å². The van der Waals surface area contributed by atoms with Crippen LogP contribution < -0.4 is 5.32 Å². The molecule has 8 heteroatoms. The zero-order valence-electron chi connectivity index (χ0n) is 17.0. The predicted molar refractivity (Wildman–Crippen MR) is 122 cm³/mol. The maximum atomic E-state index is 12.7. The number of anilines is 1. The Balaban J connectivity index is 1.26. The van der Waals surface area contributed by atoms with Gasteiger partial charge in [-0.2, -0.15) is 0 Å². The minimum atomic E-state index is -0.146. The molecular weight excluding hydrogens is 432 g/mol. The molecule has 3 aromatic rings. The number of benzene rings is 2. The molecular formula is C23H23ClN4O2S. The number of hydrogen-bond donors (Lipinski definition) is 1. The number of nitrogens with one attached hydrogen (secondary N) is 1. The molecule has 0 unspecified atom stereocenters. The summed E-state index contributed by atoms with van der Waals surface area (Å²) in [4.78, 5) is 27.1. The molecule has 0 aliphatic carbocycles. The summed E-state index contributed by atoms with van der Waals surface area (Å²) in [5, 5.41) is 13.1. The van der Waals surface area contributed by atoms with E-state index >= 15 is 0 Å². The van der Waals surface area contributed by atoms with Gasteiger partial charge in [0.25, 0.3) is 5.91 Å². The first-order valence-electron chi connectivity index (χ1n) is 10.3. The summed E-state index contributed by atoms with van der Waals surface area (Å²) < 4.78 is 0. The number of aromatic nitrogens is 2. The number of aryl methyl sites for hydroxylation is 2. The average molecular weight is 455 g/mol. The molecule has 0 bridgehead atoms. The number of nitrogens with zero attached hydrogens (tertiary/aromatic N) is 3. The predicted octanol–water partition coefficient (Wildman–Crippen LogP) is 4.47. The molecule has 0 saturated carbocycles. The van der Waals surface area contributed by atoms with Gasteiger partial charge in [0.2, 0.25) is 11.0 Å². The normalized spacial score (nSPS) is 14.4. The van der Waals surface area contributed by atoms with Gasteiger partial charge in [-0.3, -0.25) is 9.59 Å². The maximum Gasteiger partial charge on any atom is 0.255 e. The van der Waals surface area contributed by atoms with Gasteiger partial charge in [-0.05, 0) is 37.0 Å². The zero-order chi connectivity index (χ0) is 21.6. The molecule has 31 heavy (non-hydrogen) atoms. The van der Waals surface area contributed by atoms with E-state index < -0.39 is 0 Å². The van der Waals surface area contributed by atoms with Gasteiger partial charge in [0.1, 0.15) is 5.01 Å². The third-order valence-electron chi connectivity index (χ3n) is 5.42. The molecule has 0 spiro atoms. The third kappa shape index (κ3) is 5.48. The second kappa shape index (κ2) is 10.0. The van der Waals surface area contributed by atoms with E-state index in [0.29, 0.717) is 41.6 Å². The van der Waals surface area contributed by atoms with Crippen molar-refractivity contribution in [3.63, 3.8) is 0 Å². The molecule has 1 aliphatic rings. The van der Waals surface area contributed by atoms with Gasteiger partial charge in [0.15, 0.2) is 0 Å². The molecule has 160 valence electrons. The first-order chi connectivity index (χ1) is 15.1. The summed E-state index contributed by atoms with van der Waals surface area (Å²) in [5.74, 6) is -0.292. The van der Waals surface area contributed by atoms with Gasteiger partial charge < -0.3 is 10.2 Å². The number of hydrogen-bond acceptors (Lipinski definition) is 5. The minimum absolute atomic E-state index is 0.0596. The molecule has 1 saturated heterocycles. The SMILES string of the molecule is O=C(Nc1nnc(CCc2ccccc2)s1)C1CCN(C(=O)c2ccccc2Cl)CC1. The number of carbonyl (C=O) groups is 2. The largest absolute Gasteiger partial charge is 0.339 e. The fourth-order valence-corrected chi connectivity index (χ4v) is 4.62. The van der Waals surface area contributed by atoms with E-state index in [-0.39, 0.29) is 17.7 Å². The summed E-state index contributed by atoms with van der Waals surface area (Å²) in [6.07, 6.45) is 2.91. The van der Waals surface area contributed by atoms with Gasteiger partial charge in [-0.15, -0.1) is 10.2 Å². The fourth-order valence-electron chi connectivity index (χ4n) is 3.66. The fraction of sp³-hybridized carbons (Fsp3) is 0.304. The number of carbonyl (C=O) groups excluding carboxylic acids is 2. The lowest BCUT2D eigenvalue weighted by Crippen LogP contribution is -2.41. The molecule has 1 aromatic heterocycles. The lowest BCUT2D eigenvalue weighted by Gasteiger charge is -2.31. The molecule has 2 heterocycles. The Morgan fingerprint density at radius 2 is 1.71 bits per heavy atom. The van der Waals surface area contributed by atoms with E-state index in [4.69, 9.17) is 11.6 Å². The van der Waals surface area contributed by atoms with Gasteiger partial charge in [0.05, 0.1) is 10.6 Å². The van der Waals surface area contributed by atoms with Crippen LogP contribution in [0.25, 0.3) is 0 Å². The summed E-state index contributed by atoms with van der Waals surface area (Å²) in [6, 6.07) is 17.3. The Morgan fingerprint density at radius 1 is 1.00 bits per heavy atom. The smallest absolute Gasteiger partial charge is 0.255 e. The Morgan fingerprint density at radius 3 is 2.45 bits per heavy atom. The zero-order valence-corrected chi connectivity index (χ0v) is 18.5. The Kier molecular flexibility index (Phi) is 6.94. The van der Waals surface area contributed by atoms with Crippen molar-refractivity contribution >= 4 is 39.9 Å². The minimum Gasteiger partial charge on any atom is -0.339 e. The number of rotatable bonds is 6. The topological polar surface area (TPSA) is 75.2 Å². The van der Waals surface area contributed by atoms with Crippen molar-refractivity contribution in [2.75, 3.05) is 18.4 Å². The monoisotopic (exact) mass is 454 g/mol. The second-order valence-corrected chi connectivity index (χ2v) is 8.99. The lowest BCUT2D eigenvalue weighted by atomic mass is 9.95. The molecule has 4 rings (SSSR count).